The van der Waals surface area contributed by atoms with Crippen molar-refractivity contribution in [2.75, 3.05) is 25.4 Å². The van der Waals surface area contributed by atoms with Gasteiger partial charge in [-0.05, 0) is 57.5 Å². The minimum Gasteiger partial charge on any atom is -0.354 e. The Kier molecular flexibility index (Phi) is 7.25. The zero-order chi connectivity index (χ0) is 16.7. The number of carbonyl (C=O) groups is 1. The molecule has 23 heavy (non-hydrogen) atoms. The van der Waals surface area contributed by atoms with E-state index in [9.17, 15) is 4.79 Å². The number of rotatable bonds is 7. The second kappa shape index (κ2) is 8.95. The largest absolute Gasteiger partial charge is 0.354 e. The maximum absolute atomic E-state index is 12.1. The first-order valence-corrected chi connectivity index (χ1v) is 9.84. The van der Waals surface area contributed by atoms with Gasteiger partial charge in [-0.1, -0.05) is 30.2 Å². The lowest BCUT2D eigenvalue weighted by Gasteiger charge is -2.41. The summed E-state index contributed by atoms with van der Waals surface area (Å²) in [5, 5.41) is 3.84. The van der Waals surface area contributed by atoms with Crippen LogP contribution in [-0.2, 0) is 10.5 Å². The first kappa shape index (κ1) is 18.6. The summed E-state index contributed by atoms with van der Waals surface area (Å²) in [6.45, 7) is 7.44. The van der Waals surface area contributed by atoms with E-state index in [0.29, 0.717) is 12.3 Å². The second-order valence-corrected chi connectivity index (χ2v) is 8.18. The molecule has 0 unspecified atom stereocenters. The lowest BCUT2D eigenvalue weighted by atomic mass is 9.98. The first-order valence-electron chi connectivity index (χ1n) is 8.31. The Morgan fingerprint density at radius 2 is 2.04 bits per heavy atom. The minimum atomic E-state index is 0.0354. The smallest absolute Gasteiger partial charge is 0.230 e. The van der Waals surface area contributed by atoms with Crippen molar-refractivity contribution in [2.45, 2.75) is 44.4 Å². The molecule has 1 fully saturated rings. The van der Waals surface area contributed by atoms with Crippen LogP contribution in [-0.4, -0.2) is 41.7 Å². The number of likely N-dealkylation sites (tertiary alicyclic amines) is 1. The van der Waals surface area contributed by atoms with Gasteiger partial charge in [0.05, 0.1) is 5.75 Å². The summed E-state index contributed by atoms with van der Waals surface area (Å²) >= 11 is 7.59. The summed E-state index contributed by atoms with van der Waals surface area (Å²) in [5.41, 5.74) is 1.19. The van der Waals surface area contributed by atoms with Gasteiger partial charge in [0, 0.05) is 22.9 Å². The second-order valence-electron chi connectivity index (χ2n) is 6.76. The predicted octanol–water partition coefficient (Wildman–Crippen LogP) is 3.95. The monoisotopic (exact) mass is 354 g/mol. The Hall–Kier alpha value is -0.710. The van der Waals surface area contributed by atoms with Crippen LogP contribution >= 0.6 is 23.4 Å². The molecule has 0 aromatic heterocycles. The molecular formula is C18H27ClN2OS. The molecule has 1 amide bonds. The fraction of sp³-hybridized carbons (Fsp3) is 0.611. The van der Waals surface area contributed by atoms with Crippen molar-refractivity contribution in [2.24, 2.45) is 0 Å². The van der Waals surface area contributed by atoms with E-state index in [4.69, 9.17) is 11.6 Å². The number of nitrogens with one attached hydrogen (secondary N) is 1. The maximum Gasteiger partial charge on any atom is 0.230 e. The Bertz CT molecular complexity index is 515. The lowest BCUT2D eigenvalue weighted by molar-refractivity contribution is -0.119. The minimum absolute atomic E-state index is 0.0354. The van der Waals surface area contributed by atoms with Crippen molar-refractivity contribution in [3.63, 3.8) is 0 Å². The summed E-state index contributed by atoms with van der Waals surface area (Å²) < 4.78 is 0. The number of nitrogens with zero attached hydrogens (tertiary/aromatic N) is 1. The molecule has 0 atom stereocenters. The van der Waals surface area contributed by atoms with Crippen LogP contribution in [0.3, 0.4) is 0 Å². The molecule has 1 saturated heterocycles. The average molecular weight is 355 g/mol. The number of hydrogen-bond acceptors (Lipinski definition) is 3. The summed E-state index contributed by atoms with van der Waals surface area (Å²) in [7, 11) is 0. The Morgan fingerprint density at radius 3 is 2.74 bits per heavy atom. The zero-order valence-corrected chi connectivity index (χ0v) is 15.7. The highest BCUT2D eigenvalue weighted by atomic mass is 35.5. The van der Waals surface area contributed by atoms with Crippen LogP contribution < -0.4 is 5.32 Å². The van der Waals surface area contributed by atoms with Gasteiger partial charge in [0.2, 0.25) is 5.91 Å². The van der Waals surface area contributed by atoms with Gasteiger partial charge in [-0.25, -0.2) is 0 Å². The number of thioether (sulfide) groups is 1. The van der Waals surface area contributed by atoms with Crippen molar-refractivity contribution in [1.82, 2.24) is 10.2 Å². The predicted molar refractivity (Wildman–Crippen MR) is 100 cm³/mol. The molecule has 0 aliphatic carbocycles. The van der Waals surface area contributed by atoms with E-state index < -0.39 is 0 Å². The quantitative estimate of drug-likeness (QED) is 0.804. The van der Waals surface area contributed by atoms with Crippen LogP contribution in [0, 0.1) is 0 Å². The van der Waals surface area contributed by atoms with Crippen LogP contribution in [0.1, 0.15) is 38.7 Å². The normalized spacial score (nSPS) is 16.3. The molecule has 0 bridgehead atoms. The van der Waals surface area contributed by atoms with Gasteiger partial charge in [-0.2, -0.15) is 0 Å². The number of carbonyl (C=O) groups excluding carboxylic acids is 1. The first-order chi connectivity index (χ1) is 11.0. The van der Waals surface area contributed by atoms with Crippen molar-refractivity contribution < 1.29 is 4.79 Å². The third-order valence-corrected chi connectivity index (χ3v) is 5.56. The molecule has 1 N–H and O–H groups in total. The zero-order valence-electron chi connectivity index (χ0n) is 14.1. The van der Waals surface area contributed by atoms with Gasteiger partial charge in [0.1, 0.15) is 0 Å². The standard InChI is InChI=1S/C18H27ClN2OS/c1-18(2,21-9-4-3-5-10-21)14-20-17(22)13-23-12-15-7-6-8-16(19)11-15/h6-8,11H,3-5,9-10,12-14H2,1-2H3,(H,20,22). The molecule has 1 aromatic carbocycles. The maximum atomic E-state index is 12.1. The Balaban J connectivity index is 1.68. The molecule has 1 heterocycles. The highest BCUT2D eigenvalue weighted by molar-refractivity contribution is 7.99. The molecule has 0 spiro atoms. The van der Waals surface area contributed by atoms with Gasteiger partial charge in [-0.3, -0.25) is 9.69 Å². The van der Waals surface area contributed by atoms with Crippen molar-refractivity contribution in [3.8, 4) is 0 Å². The van der Waals surface area contributed by atoms with Crippen LogP contribution in [0.25, 0.3) is 0 Å². The number of benzene rings is 1. The van der Waals surface area contributed by atoms with Crippen LogP contribution in [0.5, 0.6) is 0 Å². The van der Waals surface area contributed by atoms with E-state index in [1.54, 1.807) is 11.8 Å². The molecule has 128 valence electrons. The molecule has 2 rings (SSSR count). The molecule has 1 aliphatic rings. The Morgan fingerprint density at radius 1 is 1.30 bits per heavy atom. The van der Waals surface area contributed by atoms with Gasteiger partial charge < -0.3 is 5.32 Å². The van der Waals surface area contributed by atoms with E-state index in [1.165, 1.54) is 19.3 Å². The number of halogens is 1. The topological polar surface area (TPSA) is 32.3 Å². The average Bonchev–Trinajstić information content (AvgIpc) is 2.54. The third kappa shape index (κ3) is 6.36. The fourth-order valence-electron chi connectivity index (χ4n) is 2.87. The molecule has 0 saturated carbocycles. The van der Waals surface area contributed by atoms with Crippen LogP contribution in [0.4, 0.5) is 0 Å². The molecule has 5 heteroatoms. The van der Waals surface area contributed by atoms with Gasteiger partial charge in [-0.15, -0.1) is 11.8 Å². The van der Waals surface area contributed by atoms with Crippen molar-refractivity contribution >= 4 is 29.3 Å². The third-order valence-electron chi connectivity index (χ3n) is 4.32. The molecule has 1 aliphatic heterocycles. The number of piperidine rings is 1. The van der Waals surface area contributed by atoms with E-state index in [2.05, 4.69) is 24.1 Å². The summed E-state index contributed by atoms with van der Waals surface area (Å²) in [6.07, 6.45) is 3.87. The lowest BCUT2D eigenvalue weighted by Crippen LogP contribution is -2.53. The van der Waals surface area contributed by atoms with Crippen LogP contribution in [0.2, 0.25) is 5.02 Å². The fourth-order valence-corrected chi connectivity index (χ4v) is 3.88. The summed E-state index contributed by atoms with van der Waals surface area (Å²) in [4.78, 5) is 14.5. The van der Waals surface area contributed by atoms with E-state index in [-0.39, 0.29) is 11.4 Å². The highest BCUT2D eigenvalue weighted by Crippen LogP contribution is 2.20. The van der Waals surface area contributed by atoms with Crippen LogP contribution in [0.15, 0.2) is 24.3 Å². The number of amides is 1. The van der Waals surface area contributed by atoms with Crippen molar-refractivity contribution in [3.05, 3.63) is 34.9 Å². The number of hydrogen-bond donors (Lipinski definition) is 1. The van der Waals surface area contributed by atoms with E-state index in [1.807, 2.05) is 24.3 Å². The molecule has 1 aromatic rings. The SMILES string of the molecule is CC(C)(CNC(=O)CSCc1cccc(Cl)c1)N1CCCCC1. The Labute approximate surface area is 149 Å². The van der Waals surface area contributed by atoms with E-state index >= 15 is 0 Å². The molecular weight excluding hydrogens is 328 g/mol. The van der Waals surface area contributed by atoms with Crippen molar-refractivity contribution in [1.29, 1.82) is 0 Å². The van der Waals surface area contributed by atoms with E-state index in [0.717, 1.165) is 29.4 Å². The highest BCUT2D eigenvalue weighted by Gasteiger charge is 2.28. The molecule has 0 radical (unpaired) electrons. The molecule has 3 nitrogen and oxygen atoms in total. The van der Waals surface area contributed by atoms with Gasteiger partial charge >= 0.3 is 0 Å². The van der Waals surface area contributed by atoms with Gasteiger partial charge in [0.25, 0.3) is 0 Å². The summed E-state index contributed by atoms with van der Waals surface area (Å²) in [6, 6.07) is 7.80. The van der Waals surface area contributed by atoms with Gasteiger partial charge in [0.15, 0.2) is 0 Å². The summed E-state index contributed by atoms with van der Waals surface area (Å²) in [5.74, 6) is 1.41.